The van der Waals surface area contributed by atoms with E-state index >= 15 is 0 Å². The summed E-state index contributed by atoms with van der Waals surface area (Å²) in [5.74, 6) is -0.993. The van der Waals surface area contributed by atoms with Crippen molar-refractivity contribution < 1.29 is 24.2 Å². The van der Waals surface area contributed by atoms with E-state index in [1.54, 1.807) is 0 Å². The van der Waals surface area contributed by atoms with Crippen molar-refractivity contribution in [3.05, 3.63) is 0 Å². The number of nitrogens with one attached hydrogen (secondary N) is 1. The SMILES string of the molecule is CC(C)C(=O)NC(CN1CCC(C(=O)O)CC1)C(C)OCC12CCC(CC1)OC2. The summed E-state index contributed by atoms with van der Waals surface area (Å²) in [7, 11) is 0. The number of fused-ring (bicyclic) bond motifs is 3. The summed E-state index contributed by atoms with van der Waals surface area (Å²) in [5, 5.41) is 12.4. The summed E-state index contributed by atoms with van der Waals surface area (Å²) in [6.07, 6.45) is 6.25. The molecule has 3 saturated heterocycles. The van der Waals surface area contributed by atoms with Crippen LogP contribution < -0.4 is 5.32 Å². The number of ether oxygens (including phenoxy) is 2. The fourth-order valence-electron chi connectivity index (χ4n) is 4.72. The summed E-state index contributed by atoms with van der Waals surface area (Å²) in [6.45, 7) is 9.48. The van der Waals surface area contributed by atoms with Gasteiger partial charge in [-0.25, -0.2) is 0 Å². The summed E-state index contributed by atoms with van der Waals surface area (Å²) >= 11 is 0. The largest absolute Gasteiger partial charge is 0.481 e. The maximum atomic E-state index is 12.4. The van der Waals surface area contributed by atoms with Crippen LogP contribution in [0.2, 0.25) is 0 Å². The van der Waals surface area contributed by atoms with E-state index in [-0.39, 0.29) is 35.3 Å². The van der Waals surface area contributed by atoms with Crippen LogP contribution in [0.3, 0.4) is 0 Å². The number of rotatable bonds is 9. The molecule has 2 atom stereocenters. The minimum absolute atomic E-state index is 0.0329. The van der Waals surface area contributed by atoms with Crippen molar-refractivity contribution in [1.82, 2.24) is 10.2 Å². The highest BCUT2D eigenvalue weighted by Crippen LogP contribution is 2.43. The number of carboxylic acid groups (broad SMARTS) is 1. The molecule has 2 unspecified atom stereocenters. The zero-order chi connectivity index (χ0) is 21.0. The molecular formula is C22H38N2O5. The number of hydrogen-bond donors (Lipinski definition) is 2. The van der Waals surface area contributed by atoms with Crippen LogP contribution in [0, 0.1) is 17.3 Å². The first-order chi connectivity index (χ1) is 13.8. The molecule has 0 aromatic carbocycles. The Hall–Kier alpha value is -1.18. The van der Waals surface area contributed by atoms with Crippen molar-refractivity contribution in [2.75, 3.05) is 32.8 Å². The molecule has 1 amide bonds. The molecule has 4 rings (SSSR count). The predicted octanol–water partition coefficient (Wildman–Crippen LogP) is 2.29. The van der Waals surface area contributed by atoms with Crippen molar-refractivity contribution >= 4 is 11.9 Å². The second-order valence-electron chi connectivity index (χ2n) is 9.71. The number of nitrogens with zero attached hydrogens (tertiary/aromatic N) is 1. The zero-order valence-corrected chi connectivity index (χ0v) is 18.2. The number of carboxylic acids is 1. The van der Waals surface area contributed by atoms with Gasteiger partial charge in [0.1, 0.15) is 0 Å². The molecule has 2 bridgehead atoms. The van der Waals surface area contributed by atoms with Gasteiger partial charge in [0, 0.05) is 17.9 Å². The van der Waals surface area contributed by atoms with E-state index < -0.39 is 5.97 Å². The topological polar surface area (TPSA) is 88.1 Å². The van der Waals surface area contributed by atoms with E-state index in [1.165, 1.54) is 0 Å². The Morgan fingerprint density at radius 2 is 1.83 bits per heavy atom. The zero-order valence-electron chi connectivity index (χ0n) is 18.2. The van der Waals surface area contributed by atoms with Crippen molar-refractivity contribution in [3.8, 4) is 0 Å². The highest BCUT2D eigenvalue weighted by molar-refractivity contribution is 5.78. The van der Waals surface area contributed by atoms with Gasteiger partial charge in [0.15, 0.2) is 0 Å². The molecule has 0 aromatic rings. The van der Waals surface area contributed by atoms with Crippen LogP contribution >= 0.6 is 0 Å². The molecule has 4 aliphatic rings. The molecule has 3 heterocycles. The first kappa shape index (κ1) is 22.5. The van der Waals surface area contributed by atoms with E-state index in [9.17, 15) is 14.7 Å². The average molecular weight is 411 g/mol. The molecule has 1 saturated carbocycles. The third-order valence-electron chi connectivity index (χ3n) is 7.08. The van der Waals surface area contributed by atoms with E-state index in [4.69, 9.17) is 9.47 Å². The number of amides is 1. The molecule has 166 valence electrons. The lowest BCUT2D eigenvalue weighted by atomic mass is 9.72. The van der Waals surface area contributed by atoms with Gasteiger partial charge in [-0.05, 0) is 58.5 Å². The molecule has 1 aliphatic carbocycles. The van der Waals surface area contributed by atoms with Crippen molar-refractivity contribution in [2.45, 2.75) is 77.5 Å². The number of carbonyl (C=O) groups is 2. The molecule has 0 spiro atoms. The molecule has 0 radical (unpaired) electrons. The van der Waals surface area contributed by atoms with Crippen LogP contribution in [0.4, 0.5) is 0 Å². The Balaban J connectivity index is 1.55. The molecule has 4 fully saturated rings. The van der Waals surface area contributed by atoms with Crippen LogP contribution in [0.1, 0.15) is 59.3 Å². The highest BCUT2D eigenvalue weighted by Gasteiger charge is 2.42. The number of hydrogen-bond acceptors (Lipinski definition) is 5. The normalized spacial score (nSPS) is 30.3. The van der Waals surface area contributed by atoms with Gasteiger partial charge >= 0.3 is 5.97 Å². The van der Waals surface area contributed by atoms with E-state index in [2.05, 4.69) is 10.2 Å². The average Bonchev–Trinajstić information content (AvgIpc) is 2.73. The van der Waals surface area contributed by atoms with Crippen LogP contribution in [0.25, 0.3) is 0 Å². The Morgan fingerprint density at radius 3 is 2.34 bits per heavy atom. The monoisotopic (exact) mass is 410 g/mol. The van der Waals surface area contributed by atoms with E-state index in [0.29, 0.717) is 32.1 Å². The minimum atomic E-state index is -0.699. The number of piperidine rings is 1. The Morgan fingerprint density at radius 1 is 1.17 bits per heavy atom. The molecular weight excluding hydrogens is 372 g/mol. The smallest absolute Gasteiger partial charge is 0.306 e. The van der Waals surface area contributed by atoms with Crippen LogP contribution in [0.5, 0.6) is 0 Å². The number of likely N-dealkylation sites (tertiary alicyclic amines) is 1. The first-order valence-electron chi connectivity index (χ1n) is 11.3. The van der Waals surface area contributed by atoms with Gasteiger partial charge in [-0.2, -0.15) is 0 Å². The fourth-order valence-corrected chi connectivity index (χ4v) is 4.72. The third-order valence-corrected chi connectivity index (χ3v) is 7.08. The second kappa shape index (κ2) is 9.75. The van der Waals surface area contributed by atoms with Gasteiger partial charge in [-0.3, -0.25) is 9.59 Å². The van der Waals surface area contributed by atoms with Crippen LogP contribution in [-0.4, -0.2) is 73.0 Å². The number of carbonyl (C=O) groups excluding carboxylic acids is 1. The molecule has 7 nitrogen and oxygen atoms in total. The third kappa shape index (κ3) is 5.92. The standard InChI is InChI=1S/C22H38N2O5/c1-15(2)20(25)23-19(12-24-10-6-17(7-11-24)21(26)27)16(3)28-13-22-8-4-18(5-9-22)29-14-22/h15-19H,4-14H2,1-3H3,(H,23,25)(H,26,27). The molecule has 0 aromatic heterocycles. The highest BCUT2D eigenvalue weighted by atomic mass is 16.5. The van der Waals surface area contributed by atoms with Gasteiger partial charge in [0.25, 0.3) is 0 Å². The summed E-state index contributed by atoms with van der Waals surface area (Å²) < 4.78 is 12.2. The molecule has 3 aliphatic heterocycles. The van der Waals surface area contributed by atoms with E-state index in [1.807, 2.05) is 20.8 Å². The van der Waals surface area contributed by atoms with Crippen molar-refractivity contribution in [3.63, 3.8) is 0 Å². The van der Waals surface area contributed by atoms with Gasteiger partial charge in [-0.15, -0.1) is 0 Å². The Kier molecular flexibility index (Phi) is 7.57. The maximum absolute atomic E-state index is 12.4. The summed E-state index contributed by atoms with van der Waals surface area (Å²) in [5.41, 5.74) is 0.134. The van der Waals surface area contributed by atoms with E-state index in [0.717, 1.165) is 45.4 Å². The fraction of sp³-hybridized carbons (Fsp3) is 0.909. The lowest BCUT2D eigenvalue weighted by Gasteiger charge is -2.46. The quantitative estimate of drug-likeness (QED) is 0.606. The lowest BCUT2D eigenvalue weighted by molar-refractivity contribution is -0.152. The summed E-state index contributed by atoms with van der Waals surface area (Å²) in [4.78, 5) is 25.9. The molecule has 2 N–H and O–H groups in total. The van der Waals surface area contributed by atoms with Gasteiger partial charge < -0.3 is 24.8 Å². The second-order valence-corrected chi connectivity index (χ2v) is 9.71. The first-order valence-corrected chi connectivity index (χ1v) is 11.3. The molecule has 7 heteroatoms. The van der Waals surface area contributed by atoms with Gasteiger partial charge in [-0.1, -0.05) is 13.8 Å². The number of aliphatic carboxylic acids is 1. The van der Waals surface area contributed by atoms with Gasteiger partial charge in [0.05, 0.1) is 37.4 Å². The van der Waals surface area contributed by atoms with Crippen molar-refractivity contribution in [2.24, 2.45) is 17.3 Å². The van der Waals surface area contributed by atoms with Crippen LogP contribution in [-0.2, 0) is 19.1 Å². The van der Waals surface area contributed by atoms with Crippen molar-refractivity contribution in [1.29, 1.82) is 0 Å². The van der Waals surface area contributed by atoms with Crippen LogP contribution in [0.15, 0.2) is 0 Å². The Labute approximate surface area is 174 Å². The predicted molar refractivity (Wildman–Crippen MR) is 110 cm³/mol. The summed E-state index contributed by atoms with van der Waals surface area (Å²) in [6, 6.07) is -0.108. The minimum Gasteiger partial charge on any atom is -0.481 e. The lowest BCUT2D eigenvalue weighted by Crippen LogP contribution is -2.54. The maximum Gasteiger partial charge on any atom is 0.306 e. The molecule has 29 heavy (non-hydrogen) atoms. The Bertz CT molecular complexity index is 552. The van der Waals surface area contributed by atoms with Gasteiger partial charge in [0.2, 0.25) is 5.91 Å².